The van der Waals surface area contributed by atoms with Crippen molar-refractivity contribution in [2.75, 3.05) is 18.6 Å². The number of methoxy groups -OCH3 is 1. The van der Waals surface area contributed by atoms with Crippen LogP contribution in [0.4, 0.5) is 32.0 Å². The summed E-state index contributed by atoms with van der Waals surface area (Å²) in [4.78, 5) is 18.6. The van der Waals surface area contributed by atoms with E-state index in [2.05, 4.69) is 4.98 Å². The number of halogens is 6. The zero-order valence-corrected chi connectivity index (χ0v) is 20.6. The molecule has 12 heteroatoms. The Morgan fingerprint density at radius 2 is 1.74 bits per heavy atom. The summed E-state index contributed by atoms with van der Waals surface area (Å²) in [7, 11) is 1.47. The van der Waals surface area contributed by atoms with Gasteiger partial charge in [-0.05, 0) is 48.2 Å². The van der Waals surface area contributed by atoms with Gasteiger partial charge in [-0.25, -0.2) is 0 Å². The molecule has 0 aliphatic carbocycles. The van der Waals surface area contributed by atoms with Crippen molar-refractivity contribution in [2.45, 2.75) is 43.3 Å². The van der Waals surface area contributed by atoms with Crippen LogP contribution in [0.1, 0.15) is 23.1 Å². The molecule has 1 atom stereocenters. The van der Waals surface area contributed by atoms with Gasteiger partial charge in [0, 0.05) is 29.7 Å². The molecule has 1 unspecified atom stereocenters. The zero-order valence-electron chi connectivity index (χ0n) is 20.6. The minimum atomic E-state index is -6.03. The van der Waals surface area contributed by atoms with Gasteiger partial charge in [0.1, 0.15) is 17.6 Å². The van der Waals surface area contributed by atoms with Crippen LogP contribution >= 0.6 is 0 Å². The van der Waals surface area contributed by atoms with E-state index in [1.807, 2.05) is 0 Å². The normalized spacial score (nSPS) is 16.3. The highest BCUT2D eigenvalue weighted by Crippen LogP contribution is 2.50. The van der Waals surface area contributed by atoms with Crippen LogP contribution in [0.3, 0.4) is 0 Å². The van der Waals surface area contributed by atoms with Crippen molar-refractivity contribution >= 4 is 11.6 Å². The van der Waals surface area contributed by atoms with Gasteiger partial charge in [-0.1, -0.05) is 24.3 Å². The van der Waals surface area contributed by atoms with Crippen LogP contribution in [0, 0.1) is 0 Å². The Hall–Kier alpha value is -3.80. The van der Waals surface area contributed by atoms with Crippen LogP contribution in [0.2, 0.25) is 0 Å². The Morgan fingerprint density at radius 1 is 1.03 bits per heavy atom. The number of fused-ring (bicyclic) bond motifs is 1. The van der Waals surface area contributed by atoms with E-state index < -0.39 is 35.5 Å². The van der Waals surface area contributed by atoms with E-state index in [1.165, 1.54) is 24.4 Å². The second-order valence-corrected chi connectivity index (χ2v) is 9.05. The fraction of sp³-hybridized carbons (Fsp3) is 0.333. The summed E-state index contributed by atoms with van der Waals surface area (Å²) in [5.41, 5.74) is -5.72. The number of anilines is 1. The lowest BCUT2D eigenvalue weighted by Crippen LogP contribution is -2.54. The third-order valence-corrected chi connectivity index (χ3v) is 6.45. The summed E-state index contributed by atoms with van der Waals surface area (Å²) in [5, 5.41) is 9.92. The maximum atomic E-state index is 13.5. The Labute approximate surface area is 219 Å². The number of rotatable bonds is 6. The summed E-state index contributed by atoms with van der Waals surface area (Å²) >= 11 is 0. The van der Waals surface area contributed by atoms with Crippen molar-refractivity contribution in [3.8, 4) is 11.5 Å². The van der Waals surface area contributed by atoms with E-state index in [9.17, 15) is 36.2 Å². The van der Waals surface area contributed by atoms with E-state index >= 15 is 0 Å². The van der Waals surface area contributed by atoms with Gasteiger partial charge in [-0.3, -0.25) is 9.78 Å². The minimum Gasteiger partial charge on any atom is -0.497 e. The maximum Gasteiger partial charge on any atom is 0.430 e. The number of benzene rings is 2. The highest BCUT2D eigenvalue weighted by Gasteiger charge is 2.71. The highest BCUT2D eigenvalue weighted by molar-refractivity contribution is 5.95. The van der Waals surface area contributed by atoms with Crippen molar-refractivity contribution in [3.05, 3.63) is 83.7 Å². The molecule has 0 spiro atoms. The number of aliphatic hydroxyl groups is 1. The molecule has 4 rings (SSSR count). The molecule has 39 heavy (non-hydrogen) atoms. The lowest BCUT2D eigenvalue weighted by molar-refractivity contribution is -0.376. The smallest absolute Gasteiger partial charge is 0.430 e. The molecule has 208 valence electrons. The highest BCUT2D eigenvalue weighted by atomic mass is 19.4. The molecule has 1 aliphatic rings. The van der Waals surface area contributed by atoms with Crippen LogP contribution < -0.4 is 14.4 Å². The van der Waals surface area contributed by atoms with Crippen LogP contribution in [-0.2, 0) is 23.2 Å². The Balaban J connectivity index is 1.73. The Morgan fingerprint density at radius 3 is 2.38 bits per heavy atom. The van der Waals surface area contributed by atoms with E-state index in [4.69, 9.17) is 9.47 Å². The number of hydrogen-bond donors (Lipinski definition) is 1. The summed E-state index contributed by atoms with van der Waals surface area (Å²) in [6, 6.07) is 12.2. The standard InChI is InChI=1S/C27H24F6N2O4/c1-38-20-5-2-6-21(14-20)39-22-9-7-18-13-19(25(37,26(28,29)30)27(31,32)33)8-10-23(18)35(16-22)24(36)12-17-4-3-11-34-15-17/h2-6,8,10-11,13-15,22,37H,7,9,12,16H2,1H3. The van der Waals surface area contributed by atoms with Crippen molar-refractivity contribution < 1.29 is 45.7 Å². The lowest BCUT2D eigenvalue weighted by atomic mass is 9.89. The fourth-order valence-electron chi connectivity index (χ4n) is 4.44. The number of amides is 1. The molecule has 0 saturated carbocycles. The first-order valence-corrected chi connectivity index (χ1v) is 11.8. The van der Waals surface area contributed by atoms with Gasteiger partial charge in [0.15, 0.2) is 0 Å². The second-order valence-electron chi connectivity index (χ2n) is 9.05. The first-order valence-electron chi connectivity index (χ1n) is 11.8. The molecule has 0 radical (unpaired) electrons. The third-order valence-electron chi connectivity index (χ3n) is 6.45. The topological polar surface area (TPSA) is 71.9 Å². The molecule has 0 bridgehead atoms. The molecule has 1 aromatic heterocycles. The molecular weight excluding hydrogens is 530 g/mol. The molecule has 1 N–H and O–H groups in total. The van der Waals surface area contributed by atoms with Gasteiger partial charge in [-0.2, -0.15) is 26.3 Å². The van der Waals surface area contributed by atoms with E-state index in [0.717, 1.165) is 6.07 Å². The molecule has 2 aromatic carbocycles. The minimum absolute atomic E-state index is 0.0136. The largest absolute Gasteiger partial charge is 0.497 e. The van der Waals surface area contributed by atoms with Gasteiger partial charge in [0.2, 0.25) is 5.91 Å². The lowest BCUT2D eigenvalue weighted by Gasteiger charge is -2.33. The van der Waals surface area contributed by atoms with Crippen molar-refractivity contribution in [2.24, 2.45) is 0 Å². The average Bonchev–Trinajstić information content (AvgIpc) is 3.06. The van der Waals surface area contributed by atoms with E-state index in [1.54, 1.807) is 36.4 Å². The van der Waals surface area contributed by atoms with Crippen molar-refractivity contribution in [1.29, 1.82) is 0 Å². The molecule has 0 fully saturated rings. The quantitative estimate of drug-likeness (QED) is 0.415. The maximum absolute atomic E-state index is 13.5. The SMILES string of the molecule is COc1cccc(OC2CCc3cc(C(O)(C(F)(F)F)C(F)(F)F)ccc3N(C(=O)Cc3cccnc3)C2)c1. The monoisotopic (exact) mass is 554 g/mol. The number of carbonyl (C=O) groups is 1. The van der Waals surface area contributed by atoms with Crippen LogP contribution in [0.15, 0.2) is 67.0 Å². The Kier molecular flexibility index (Phi) is 7.78. The first-order chi connectivity index (χ1) is 18.3. The number of ether oxygens (including phenoxy) is 2. The molecule has 1 aliphatic heterocycles. The summed E-state index contributed by atoms with van der Waals surface area (Å²) < 4.78 is 92.5. The van der Waals surface area contributed by atoms with Gasteiger partial charge >= 0.3 is 12.4 Å². The second kappa shape index (κ2) is 10.8. The van der Waals surface area contributed by atoms with Crippen LogP contribution in [0.5, 0.6) is 11.5 Å². The predicted molar refractivity (Wildman–Crippen MR) is 128 cm³/mol. The molecule has 0 saturated heterocycles. The Bertz CT molecular complexity index is 1300. The number of alkyl halides is 6. The molecular formula is C27H24F6N2O4. The van der Waals surface area contributed by atoms with Crippen molar-refractivity contribution in [1.82, 2.24) is 4.98 Å². The third kappa shape index (κ3) is 5.80. The number of nitrogens with zero attached hydrogens (tertiary/aromatic N) is 2. The van der Waals surface area contributed by atoms with Gasteiger partial charge in [0.25, 0.3) is 5.60 Å². The van der Waals surface area contributed by atoms with E-state index in [0.29, 0.717) is 29.2 Å². The summed E-state index contributed by atoms with van der Waals surface area (Å²) in [5.74, 6) is 0.464. The molecule has 3 aromatic rings. The van der Waals surface area contributed by atoms with Gasteiger partial charge < -0.3 is 19.5 Å². The molecule has 2 heterocycles. The predicted octanol–water partition coefficient (Wildman–Crippen LogP) is 5.37. The van der Waals surface area contributed by atoms with E-state index in [-0.39, 0.29) is 37.1 Å². The summed E-state index contributed by atoms with van der Waals surface area (Å²) in [6.07, 6.45) is -9.67. The molecule has 1 amide bonds. The van der Waals surface area contributed by atoms with Gasteiger partial charge in [-0.15, -0.1) is 0 Å². The first kappa shape index (κ1) is 28.2. The molecule has 6 nitrogen and oxygen atoms in total. The number of carbonyl (C=O) groups excluding carboxylic acids is 1. The number of hydrogen-bond acceptors (Lipinski definition) is 5. The number of pyridine rings is 1. The fourth-order valence-corrected chi connectivity index (χ4v) is 4.44. The number of aryl methyl sites for hydroxylation is 1. The van der Waals surface area contributed by atoms with Gasteiger partial charge in [0.05, 0.1) is 20.1 Å². The van der Waals surface area contributed by atoms with Crippen LogP contribution in [-0.4, -0.2) is 48.1 Å². The summed E-state index contributed by atoms with van der Waals surface area (Å²) in [6.45, 7) is -0.0224. The zero-order chi connectivity index (χ0) is 28.4. The average molecular weight is 554 g/mol. The number of aromatic nitrogens is 1. The van der Waals surface area contributed by atoms with Crippen LogP contribution in [0.25, 0.3) is 0 Å². The van der Waals surface area contributed by atoms with Crippen molar-refractivity contribution in [3.63, 3.8) is 0 Å².